The van der Waals surface area contributed by atoms with Crippen molar-refractivity contribution in [2.45, 2.75) is 58.4 Å². The average molecular weight is 580 g/mol. The molecule has 1 aromatic carbocycles. The number of nitrogens with one attached hydrogen (secondary N) is 1. The Morgan fingerprint density at radius 1 is 1.02 bits per heavy atom. The Labute approximate surface area is 251 Å². The Hall–Kier alpha value is -4.40. The molecular formula is C34H37N5O4. The van der Waals surface area contributed by atoms with Crippen LogP contribution >= 0.6 is 0 Å². The lowest BCUT2D eigenvalue weighted by Gasteiger charge is -2.68. The number of amides is 1. The molecule has 1 aliphatic heterocycles. The van der Waals surface area contributed by atoms with Crippen molar-refractivity contribution in [2.75, 3.05) is 6.54 Å². The van der Waals surface area contributed by atoms with Crippen LogP contribution in [0.25, 0.3) is 0 Å². The zero-order valence-corrected chi connectivity index (χ0v) is 24.8. The lowest BCUT2D eigenvalue weighted by atomic mass is 9.37. The molecule has 0 radical (unpaired) electrons. The summed E-state index contributed by atoms with van der Waals surface area (Å²) in [6.07, 6.45) is 12.4. The molecule has 1 N–H and O–H groups in total. The molecule has 43 heavy (non-hydrogen) atoms. The number of ketones is 1. The van der Waals surface area contributed by atoms with Crippen molar-refractivity contribution in [1.82, 2.24) is 20.2 Å². The number of rotatable bonds is 9. The second-order valence-electron chi connectivity index (χ2n) is 13.2. The van der Waals surface area contributed by atoms with Crippen LogP contribution < -0.4 is 5.32 Å². The van der Waals surface area contributed by atoms with Gasteiger partial charge in [-0.3, -0.25) is 34.6 Å². The molecule has 2 aromatic heterocycles. The molecule has 9 nitrogen and oxygen atoms in total. The molecule has 3 aliphatic carbocycles. The fraction of sp³-hybridized carbons (Fsp3) is 0.412. The number of nitro groups is 1. The molecule has 4 fully saturated rings. The molecule has 1 amide bonds. The molecule has 3 atom stereocenters. The first-order chi connectivity index (χ1) is 20.5. The Bertz CT molecular complexity index is 1530. The van der Waals surface area contributed by atoms with Gasteiger partial charge in [0.05, 0.1) is 4.92 Å². The van der Waals surface area contributed by atoms with Crippen LogP contribution in [-0.4, -0.2) is 43.6 Å². The topological polar surface area (TPSA) is 118 Å². The van der Waals surface area contributed by atoms with Crippen LogP contribution in [0.4, 0.5) is 5.69 Å². The fourth-order valence-corrected chi connectivity index (χ4v) is 7.85. The maximum Gasteiger partial charge on any atom is 0.269 e. The summed E-state index contributed by atoms with van der Waals surface area (Å²) in [7, 11) is 0. The van der Waals surface area contributed by atoms with E-state index in [0.29, 0.717) is 42.6 Å². The van der Waals surface area contributed by atoms with Crippen LogP contribution in [0.15, 0.2) is 85.2 Å². The van der Waals surface area contributed by atoms with E-state index in [4.69, 9.17) is 0 Å². The van der Waals surface area contributed by atoms with Crippen molar-refractivity contribution in [3.8, 4) is 0 Å². The van der Waals surface area contributed by atoms with Gasteiger partial charge in [0.15, 0.2) is 5.78 Å². The predicted molar refractivity (Wildman–Crippen MR) is 162 cm³/mol. The minimum atomic E-state index is -1.03. The van der Waals surface area contributed by atoms with Gasteiger partial charge in [0.25, 0.3) is 11.6 Å². The minimum Gasteiger partial charge on any atom is -0.357 e. The number of pyridine rings is 2. The molecule has 0 spiro atoms. The lowest BCUT2D eigenvalue weighted by molar-refractivity contribution is -0.384. The van der Waals surface area contributed by atoms with Crippen molar-refractivity contribution in [3.05, 3.63) is 112 Å². The summed E-state index contributed by atoms with van der Waals surface area (Å²) in [6, 6.07) is 13.2. The number of nitrogens with zero attached hydrogens (tertiary/aromatic N) is 4. The standard InChI is InChI=1S/C34H37N5O4/c1-23-8-13-33(21-28(23)32(33,2)3)22-38-30(18-29(40)26-4-6-27(7-5-26)39(42)43)37-34(31(38)41,19-24-9-14-35-15-10-24)20-25-11-16-36-17-12-25/h4-7,9-12,14-18,23,28,37H,8,13,19-22H2,1-3H3. The van der Waals surface area contributed by atoms with E-state index in [1.165, 1.54) is 30.3 Å². The van der Waals surface area contributed by atoms with Gasteiger partial charge in [-0.15, -0.1) is 0 Å². The Morgan fingerprint density at radius 2 is 1.60 bits per heavy atom. The number of carbonyl (C=O) groups is 2. The van der Waals surface area contributed by atoms with Gasteiger partial charge in [-0.2, -0.15) is 0 Å². The SMILES string of the molecule is CC1CCC2(CN3C(=O)C(Cc4ccncc4)(Cc4ccncc4)NC3=CC(=O)c3ccc([N+](=O)[O-])cc3)CC1C2(C)C. The molecule has 4 aliphatic rings. The van der Waals surface area contributed by atoms with Crippen LogP contribution in [0.1, 0.15) is 61.5 Å². The van der Waals surface area contributed by atoms with E-state index < -0.39 is 10.5 Å². The third kappa shape index (κ3) is 5.00. The van der Waals surface area contributed by atoms with E-state index in [-0.39, 0.29) is 28.2 Å². The van der Waals surface area contributed by atoms with Gasteiger partial charge in [-0.05, 0) is 89.5 Å². The molecular weight excluding hydrogens is 542 g/mol. The first-order valence-electron chi connectivity index (χ1n) is 14.9. The van der Waals surface area contributed by atoms with Crippen molar-refractivity contribution >= 4 is 17.4 Å². The molecule has 1 saturated heterocycles. The highest BCUT2D eigenvalue weighted by Gasteiger charge is 2.65. The van der Waals surface area contributed by atoms with Crippen molar-refractivity contribution in [2.24, 2.45) is 22.7 Å². The zero-order valence-electron chi connectivity index (χ0n) is 24.8. The molecule has 2 bridgehead atoms. The smallest absolute Gasteiger partial charge is 0.269 e. The van der Waals surface area contributed by atoms with Crippen LogP contribution in [0.2, 0.25) is 0 Å². The number of hydrogen-bond donors (Lipinski definition) is 1. The monoisotopic (exact) mass is 579 g/mol. The highest BCUT2D eigenvalue weighted by molar-refractivity contribution is 6.06. The van der Waals surface area contributed by atoms with Gasteiger partial charge in [0.2, 0.25) is 0 Å². The highest BCUT2D eigenvalue weighted by Crippen LogP contribution is 2.69. The van der Waals surface area contributed by atoms with Gasteiger partial charge in [-0.25, -0.2) is 0 Å². The van der Waals surface area contributed by atoms with E-state index in [2.05, 4.69) is 36.1 Å². The van der Waals surface area contributed by atoms with Crippen molar-refractivity contribution in [1.29, 1.82) is 0 Å². The number of nitro benzene ring substituents is 1. The van der Waals surface area contributed by atoms with Crippen LogP contribution in [-0.2, 0) is 17.6 Å². The van der Waals surface area contributed by atoms with Crippen molar-refractivity contribution < 1.29 is 14.5 Å². The quantitative estimate of drug-likeness (QED) is 0.153. The second-order valence-corrected chi connectivity index (χ2v) is 13.2. The van der Waals surface area contributed by atoms with Crippen LogP contribution in [0.5, 0.6) is 0 Å². The summed E-state index contributed by atoms with van der Waals surface area (Å²) < 4.78 is 0. The predicted octanol–water partition coefficient (Wildman–Crippen LogP) is 5.53. The van der Waals surface area contributed by atoms with Crippen LogP contribution in [0, 0.1) is 32.8 Å². The number of carbonyl (C=O) groups excluding carboxylic acids is 2. The van der Waals surface area contributed by atoms with Crippen LogP contribution in [0.3, 0.4) is 0 Å². The largest absolute Gasteiger partial charge is 0.357 e. The normalized spacial score (nSPS) is 26.1. The molecule has 222 valence electrons. The average Bonchev–Trinajstić information content (AvgIpc) is 3.23. The molecule has 3 heterocycles. The Balaban J connectivity index is 1.41. The number of benzene rings is 1. The lowest BCUT2D eigenvalue weighted by Crippen LogP contribution is -2.64. The second kappa shape index (κ2) is 10.7. The molecule has 3 aromatic rings. The fourth-order valence-electron chi connectivity index (χ4n) is 7.85. The summed E-state index contributed by atoms with van der Waals surface area (Å²) in [5.74, 6) is 1.36. The zero-order chi connectivity index (χ0) is 30.4. The summed E-state index contributed by atoms with van der Waals surface area (Å²) in [4.78, 5) is 49.2. The van der Waals surface area contributed by atoms with Gasteiger partial charge in [-0.1, -0.05) is 20.8 Å². The summed E-state index contributed by atoms with van der Waals surface area (Å²) in [5.41, 5.74) is 1.15. The van der Waals surface area contributed by atoms with Gasteiger partial charge < -0.3 is 5.32 Å². The van der Waals surface area contributed by atoms with E-state index in [1.807, 2.05) is 29.2 Å². The summed E-state index contributed by atoms with van der Waals surface area (Å²) >= 11 is 0. The van der Waals surface area contributed by atoms with Gasteiger partial charge in [0.1, 0.15) is 11.4 Å². The molecule has 7 rings (SSSR count). The number of non-ortho nitro benzene ring substituents is 1. The first kappa shape index (κ1) is 28.7. The summed E-state index contributed by atoms with van der Waals surface area (Å²) in [6.45, 7) is 7.53. The number of fused-ring (bicyclic) bond motifs is 2. The summed E-state index contributed by atoms with van der Waals surface area (Å²) in [5, 5.41) is 14.7. The Morgan fingerprint density at radius 3 is 2.12 bits per heavy atom. The van der Waals surface area contributed by atoms with E-state index in [1.54, 1.807) is 24.8 Å². The van der Waals surface area contributed by atoms with E-state index in [0.717, 1.165) is 30.4 Å². The molecule has 3 unspecified atom stereocenters. The van der Waals surface area contributed by atoms with Gasteiger partial charge >= 0.3 is 0 Å². The number of aromatic nitrogens is 2. The van der Waals surface area contributed by atoms with Gasteiger partial charge in [0, 0.05) is 67.9 Å². The molecule has 3 saturated carbocycles. The molecule has 9 heteroatoms. The number of allylic oxidation sites excluding steroid dienone is 1. The third-order valence-electron chi connectivity index (χ3n) is 10.6. The van der Waals surface area contributed by atoms with E-state index >= 15 is 0 Å². The minimum absolute atomic E-state index is 0.0412. The maximum absolute atomic E-state index is 14.8. The van der Waals surface area contributed by atoms with Crippen molar-refractivity contribution in [3.63, 3.8) is 0 Å². The first-order valence-corrected chi connectivity index (χ1v) is 14.9. The maximum atomic E-state index is 14.8. The number of hydrogen-bond acceptors (Lipinski definition) is 7. The van der Waals surface area contributed by atoms with E-state index in [9.17, 15) is 19.7 Å². The highest BCUT2D eigenvalue weighted by atomic mass is 16.6. The third-order valence-corrected chi connectivity index (χ3v) is 10.6. The Kier molecular flexibility index (Phi) is 7.15.